The molecule has 2 aromatic rings. The van der Waals surface area contributed by atoms with Crippen molar-refractivity contribution >= 4 is 16.0 Å². The van der Waals surface area contributed by atoms with Gasteiger partial charge in [-0.2, -0.15) is 4.31 Å². The molecule has 144 valence electrons. The van der Waals surface area contributed by atoms with Gasteiger partial charge in [-0.25, -0.2) is 17.6 Å². The number of carbonyl (C=O) groups is 1. The van der Waals surface area contributed by atoms with Gasteiger partial charge in [0.1, 0.15) is 17.3 Å². The first-order valence-electron chi connectivity index (χ1n) is 8.22. The van der Waals surface area contributed by atoms with E-state index in [1.54, 1.807) is 0 Å². The molecule has 1 saturated heterocycles. The van der Waals surface area contributed by atoms with Crippen molar-refractivity contribution in [2.45, 2.75) is 4.90 Å². The van der Waals surface area contributed by atoms with Crippen LogP contribution in [0.5, 0.6) is 11.5 Å². The zero-order valence-corrected chi connectivity index (χ0v) is 15.2. The number of hydrogen-bond donors (Lipinski definition) is 0. The molecule has 27 heavy (non-hydrogen) atoms. The Kier molecular flexibility index (Phi) is 6.04. The van der Waals surface area contributed by atoms with E-state index in [4.69, 9.17) is 14.2 Å². The van der Waals surface area contributed by atoms with E-state index >= 15 is 0 Å². The fourth-order valence-electron chi connectivity index (χ4n) is 2.48. The summed E-state index contributed by atoms with van der Waals surface area (Å²) in [5, 5.41) is 0. The fourth-order valence-corrected chi connectivity index (χ4v) is 3.88. The molecule has 0 N–H and O–H groups in total. The number of morpholine rings is 1. The van der Waals surface area contributed by atoms with E-state index in [-0.39, 0.29) is 16.4 Å². The van der Waals surface area contributed by atoms with Gasteiger partial charge >= 0.3 is 5.97 Å². The van der Waals surface area contributed by atoms with Gasteiger partial charge in [-0.3, -0.25) is 0 Å². The molecule has 1 heterocycles. The van der Waals surface area contributed by atoms with Gasteiger partial charge in [0.25, 0.3) is 0 Å². The smallest absolute Gasteiger partial charge is 0.349 e. The van der Waals surface area contributed by atoms with Crippen LogP contribution in [0.25, 0.3) is 0 Å². The molecule has 0 aliphatic carbocycles. The molecule has 0 radical (unpaired) electrons. The lowest BCUT2D eigenvalue weighted by Crippen LogP contribution is -2.40. The van der Waals surface area contributed by atoms with E-state index in [9.17, 15) is 17.6 Å². The summed E-state index contributed by atoms with van der Waals surface area (Å²) in [5.41, 5.74) is 0. The van der Waals surface area contributed by atoms with Crippen LogP contribution in [0.4, 0.5) is 4.39 Å². The first-order valence-corrected chi connectivity index (χ1v) is 9.66. The van der Waals surface area contributed by atoms with E-state index in [1.165, 1.54) is 46.8 Å². The highest BCUT2D eigenvalue weighted by molar-refractivity contribution is 7.89. The van der Waals surface area contributed by atoms with Gasteiger partial charge in [0.05, 0.1) is 18.1 Å². The first kappa shape index (κ1) is 19.3. The molecule has 7 nitrogen and oxygen atoms in total. The van der Waals surface area contributed by atoms with Crippen LogP contribution in [-0.4, -0.2) is 51.6 Å². The molecule has 0 aromatic heterocycles. The molecule has 3 rings (SSSR count). The third kappa shape index (κ3) is 5.03. The molecule has 0 unspecified atom stereocenters. The van der Waals surface area contributed by atoms with Crippen molar-refractivity contribution in [3.8, 4) is 11.5 Å². The minimum Gasteiger partial charge on any atom is -0.482 e. The molecule has 0 saturated carbocycles. The minimum atomic E-state index is -3.60. The average molecular weight is 395 g/mol. The lowest BCUT2D eigenvalue weighted by molar-refractivity contribution is -0.136. The molecule has 0 amide bonds. The maximum absolute atomic E-state index is 13.1. The van der Waals surface area contributed by atoms with Gasteiger partial charge in [0, 0.05) is 19.2 Å². The normalized spacial score (nSPS) is 15.3. The number of esters is 1. The second-order valence-corrected chi connectivity index (χ2v) is 7.65. The van der Waals surface area contributed by atoms with Crippen LogP contribution in [0.15, 0.2) is 53.4 Å². The molecular weight excluding hydrogens is 377 g/mol. The molecule has 1 aliphatic rings. The number of carbonyl (C=O) groups excluding carboxylic acids is 1. The van der Waals surface area contributed by atoms with Crippen LogP contribution >= 0.6 is 0 Å². The van der Waals surface area contributed by atoms with E-state index < -0.39 is 28.4 Å². The van der Waals surface area contributed by atoms with Crippen LogP contribution in [0, 0.1) is 5.82 Å². The highest BCUT2D eigenvalue weighted by atomic mass is 32.2. The molecular formula is C18H18FNO6S. The van der Waals surface area contributed by atoms with Crippen molar-refractivity contribution in [3.63, 3.8) is 0 Å². The van der Waals surface area contributed by atoms with Crippen LogP contribution < -0.4 is 9.47 Å². The van der Waals surface area contributed by atoms with Gasteiger partial charge in [-0.05, 0) is 36.4 Å². The van der Waals surface area contributed by atoms with Crippen molar-refractivity contribution in [1.29, 1.82) is 0 Å². The van der Waals surface area contributed by atoms with Crippen molar-refractivity contribution in [3.05, 3.63) is 54.3 Å². The Morgan fingerprint density at radius 2 is 1.78 bits per heavy atom. The third-order valence-electron chi connectivity index (χ3n) is 3.82. The molecule has 2 aromatic carbocycles. The quantitative estimate of drug-likeness (QED) is 0.548. The molecule has 0 atom stereocenters. The Hall–Kier alpha value is -2.49. The molecule has 0 spiro atoms. The van der Waals surface area contributed by atoms with Crippen LogP contribution in [0.2, 0.25) is 0 Å². The van der Waals surface area contributed by atoms with E-state index in [0.717, 1.165) is 6.07 Å². The SMILES string of the molecule is O=C(COc1cccc(F)c1)Oc1ccc(S(=O)(=O)N2CCOCC2)cc1. The standard InChI is InChI=1S/C18H18FNO6S/c19-14-2-1-3-16(12-14)25-13-18(21)26-15-4-6-17(7-5-15)27(22,23)20-8-10-24-11-9-20/h1-7,12H,8-11,13H2. The number of halogens is 1. The summed E-state index contributed by atoms with van der Waals surface area (Å²) in [6, 6.07) is 10.9. The molecule has 9 heteroatoms. The summed E-state index contributed by atoms with van der Waals surface area (Å²) in [6.07, 6.45) is 0. The average Bonchev–Trinajstić information content (AvgIpc) is 2.68. The fraction of sp³-hybridized carbons (Fsp3) is 0.278. The number of rotatable bonds is 6. The van der Waals surface area contributed by atoms with Crippen LogP contribution in [-0.2, 0) is 19.6 Å². The summed E-state index contributed by atoms with van der Waals surface area (Å²) < 4.78 is 54.8. The monoisotopic (exact) mass is 395 g/mol. The lowest BCUT2D eigenvalue weighted by Gasteiger charge is -2.26. The Morgan fingerprint density at radius 1 is 1.07 bits per heavy atom. The maximum atomic E-state index is 13.1. The minimum absolute atomic E-state index is 0.111. The van der Waals surface area contributed by atoms with Gasteiger partial charge in [0.2, 0.25) is 10.0 Å². The topological polar surface area (TPSA) is 82.1 Å². The summed E-state index contributed by atoms with van der Waals surface area (Å²) in [6.45, 7) is 0.921. The Morgan fingerprint density at radius 3 is 2.44 bits per heavy atom. The van der Waals surface area contributed by atoms with E-state index in [2.05, 4.69) is 0 Å². The lowest BCUT2D eigenvalue weighted by atomic mass is 10.3. The van der Waals surface area contributed by atoms with E-state index in [1.807, 2.05) is 0 Å². The zero-order valence-electron chi connectivity index (χ0n) is 14.3. The summed E-state index contributed by atoms with van der Waals surface area (Å²) in [4.78, 5) is 11.9. The molecule has 1 fully saturated rings. The Labute approximate surface area is 156 Å². The van der Waals surface area contributed by atoms with Crippen LogP contribution in [0.3, 0.4) is 0 Å². The number of hydrogen-bond acceptors (Lipinski definition) is 6. The predicted octanol–water partition coefficient (Wildman–Crippen LogP) is 1.83. The highest BCUT2D eigenvalue weighted by Crippen LogP contribution is 2.20. The highest BCUT2D eigenvalue weighted by Gasteiger charge is 2.26. The van der Waals surface area contributed by atoms with Gasteiger partial charge < -0.3 is 14.2 Å². The maximum Gasteiger partial charge on any atom is 0.349 e. The summed E-state index contributed by atoms with van der Waals surface area (Å²) >= 11 is 0. The summed E-state index contributed by atoms with van der Waals surface area (Å²) in [5.74, 6) is -0.774. The van der Waals surface area contributed by atoms with Crippen molar-refractivity contribution in [2.75, 3.05) is 32.9 Å². The van der Waals surface area contributed by atoms with Gasteiger partial charge in [-0.1, -0.05) is 6.07 Å². The van der Waals surface area contributed by atoms with Crippen molar-refractivity contribution in [1.82, 2.24) is 4.31 Å². The second-order valence-electron chi connectivity index (χ2n) is 5.71. The first-order chi connectivity index (χ1) is 12.9. The third-order valence-corrected chi connectivity index (χ3v) is 5.73. The number of sulfonamides is 1. The summed E-state index contributed by atoms with van der Waals surface area (Å²) in [7, 11) is -3.60. The van der Waals surface area contributed by atoms with Crippen molar-refractivity contribution < 1.29 is 31.8 Å². The van der Waals surface area contributed by atoms with Crippen molar-refractivity contribution in [2.24, 2.45) is 0 Å². The predicted molar refractivity (Wildman–Crippen MR) is 93.5 cm³/mol. The zero-order chi connectivity index (χ0) is 19.3. The number of nitrogens with zero attached hydrogens (tertiary/aromatic N) is 1. The Bertz CT molecular complexity index is 894. The van der Waals surface area contributed by atoms with Gasteiger partial charge in [0.15, 0.2) is 6.61 Å². The van der Waals surface area contributed by atoms with Crippen LogP contribution in [0.1, 0.15) is 0 Å². The Balaban J connectivity index is 1.57. The van der Waals surface area contributed by atoms with Gasteiger partial charge in [-0.15, -0.1) is 0 Å². The van der Waals surface area contributed by atoms with E-state index in [0.29, 0.717) is 26.3 Å². The second kappa shape index (κ2) is 8.47. The number of ether oxygens (including phenoxy) is 3. The molecule has 0 bridgehead atoms. The molecule has 1 aliphatic heterocycles. The number of benzene rings is 2. The largest absolute Gasteiger partial charge is 0.482 e.